The van der Waals surface area contributed by atoms with E-state index in [2.05, 4.69) is 5.32 Å². The highest BCUT2D eigenvalue weighted by atomic mass is 35.5. The first kappa shape index (κ1) is 19.9. The lowest BCUT2D eigenvalue weighted by atomic mass is 10.1. The summed E-state index contributed by atoms with van der Waals surface area (Å²) >= 11 is 23.9. The average Bonchev–Trinajstić information content (AvgIpc) is 2.53. The maximum Gasteiger partial charge on any atom is 0.244 e. The van der Waals surface area contributed by atoms with Crippen molar-refractivity contribution in [2.75, 3.05) is 18.9 Å². The first-order valence-electron chi connectivity index (χ1n) is 7.19. The van der Waals surface area contributed by atoms with E-state index >= 15 is 0 Å². The van der Waals surface area contributed by atoms with Crippen molar-refractivity contribution in [2.24, 2.45) is 0 Å². The van der Waals surface area contributed by atoms with Gasteiger partial charge in [0, 0.05) is 17.1 Å². The van der Waals surface area contributed by atoms with Crippen LogP contribution in [-0.4, -0.2) is 30.3 Å². The van der Waals surface area contributed by atoms with Crippen molar-refractivity contribution in [3.63, 3.8) is 0 Å². The number of hydrogen-bond acceptors (Lipinski definition) is 2. The highest BCUT2D eigenvalue weighted by molar-refractivity contribution is 6.39. The van der Waals surface area contributed by atoms with E-state index in [-0.39, 0.29) is 18.9 Å². The molecule has 0 saturated carbocycles. The summed E-state index contributed by atoms with van der Waals surface area (Å²) in [6.45, 7) is -0.147. The first-order chi connectivity index (χ1) is 11.8. The molecule has 4 nitrogen and oxygen atoms in total. The molecular formula is C17H14Cl4N2O2. The Kier molecular flexibility index (Phi) is 6.96. The zero-order chi connectivity index (χ0) is 18.6. The molecule has 0 unspecified atom stereocenters. The number of halogens is 4. The second kappa shape index (κ2) is 8.77. The van der Waals surface area contributed by atoms with Crippen LogP contribution < -0.4 is 5.32 Å². The Morgan fingerprint density at radius 2 is 1.64 bits per heavy atom. The molecule has 0 bridgehead atoms. The van der Waals surface area contributed by atoms with Crippen molar-refractivity contribution in [3.8, 4) is 0 Å². The number of nitrogens with zero attached hydrogens (tertiary/aromatic N) is 1. The monoisotopic (exact) mass is 418 g/mol. The number of para-hydroxylation sites is 1. The van der Waals surface area contributed by atoms with Gasteiger partial charge in [-0.1, -0.05) is 58.5 Å². The summed E-state index contributed by atoms with van der Waals surface area (Å²) in [5.41, 5.74) is 0.954. The molecule has 0 aliphatic heterocycles. The van der Waals surface area contributed by atoms with E-state index in [4.69, 9.17) is 46.4 Å². The van der Waals surface area contributed by atoms with Gasteiger partial charge in [0.2, 0.25) is 11.8 Å². The highest BCUT2D eigenvalue weighted by Crippen LogP contribution is 2.29. The Morgan fingerprint density at radius 3 is 2.24 bits per heavy atom. The van der Waals surface area contributed by atoms with Gasteiger partial charge >= 0.3 is 0 Å². The normalized spacial score (nSPS) is 10.4. The number of anilines is 1. The van der Waals surface area contributed by atoms with E-state index < -0.39 is 5.91 Å². The maximum atomic E-state index is 12.3. The lowest BCUT2D eigenvalue weighted by molar-refractivity contribution is -0.132. The van der Waals surface area contributed by atoms with Crippen LogP contribution in [0.4, 0.5) is 5.69 Å². The van der Waals surface area contributed by atoms with Gasteiger partial charge in [-0.25, -0.2) is 0 Å². The van der Waals surface area contributed by atoms with E-state index in [1.165, 1.54) is 11.9 Å². The summed E-state index contributed by atoms with van der Waals surface area (Å²) in [5, 5.41) is 4.15. The molecule has 1 N–H and O–H groups in total. The molecule has 0 heterocycles. The molecule has 0 aromatic heterocycles. The second-order valence-corrected chi connectivity index (χ2v) is 6.97. The van der Waals surface area contributed by atoms with Crippen LogP contribution in [0.1, 0.15) is 5.56 Å². The first-order valence-corrected chi connectivity index (χ1v) is 8.71. The molecule has 25 heavy (non-hydrogen) atoms. The molecule has 0 aliphatic rings. The number of amides is 2. The third kappa shape index (κ3) is 5.51. The Labute approximate surface area is 165 Å². The molecule has 0 atom stereocenters. The highest BCUT2D eigenvalue weighted by Gasteiger charge is 2.16. The largest absolute Gasteiger partial charge is 0.336 e. The van der Waals surface area contributed by atoms with Gasteiger partial charge in [0.1, 0.15) is 0 Å². The Hall–Kier alpha value is -1.46. The lowest BCUT2D eigenvalue weighted by Crippen LogP contribution is -2.36. The minimum atomic E-state index is -0.409. The SMILES string of the molecule is CN(CC(=O)Nc1c(Cl)cccc1Cl)C(=O)Cc1ccc(Cl)cc1Cl. The van der Waals surface area contributed by atoms with E-state index in [1.807, 2.05) is 0 Å². The van der Waals surface area contributed by atoms with Crippen molar-refractivity contribution in [1.29, 1.82) is 0 Å². The third-order valence-corrected chi connectivity index (χ3v) is 4.61. The number of likely N-dealkylation sites (N-methyl/N-ethyl adjacent to an activating group) is 1. The number of carbonyl (C=O) groups excluding carboxylic acids is 2. The molecule has 0 radical (unpaired) electrons. The molecule has 0 aliphatic carbocycles. The minimum absolute atomic E-state index is 0.0621. The van der Waals surface area contributed by atoms with Crippen LogP contribution in [0.25, 0.3) is 0 Å². The zero-order valence-corrected chi connectivity index (χ0v) is 16.2. The smallest absolute Gasteiger partial charge is 0.244 e. The summed E-state index contributed by atoms with van der Waals surface area (Å²) in [5.74, 6) is -0.669. The summed E-state index contributed by atoms with van der Waals surface area (Å²) in [4.78, 5) is 25.7. The molecule has 8 heteroatoms. The predicted octanol–water partition coefficient (Wildman–Crippen LogP) is 4.94. The predicted molar refractivity (Wildman–Crippen MR) is 103 cm³/mol. The van der Waals surface area contributed by atoms with E-state index in [0.717, 1.165) is 0 Å². The molecule has 2 rings (SSSR count). The van der Waals surface area contributed by atoms with Crippen molar-refractivity contribution >= 4 is 63.9 Å². The average molecular weight is 420 g/mol. The fraction of sp³-hybridized carbons (Fsp3) is 0.176. The van der Waals surface area contributed by atoms with Crippen molar-refractivity contribution in [3.05, 3.63) is 62.1 Å². The van der Waals surface area contributed by atoms with Gasteiger partial charge < -0.3 is 10.2 Å². The van der Waals surface area contributed by atoms with Crippen molar-refractivity contribution in [1.82, 2.24) is 4.90 Å². The van der Waals surface area contributed by atoms with Gasteiger partial charge in [-0.2, -0.15) is 0 Å². The number of benzene rings is 2. The summed E-state index contributed by atoms with van der Waals surface area (Å²) in [7, 11) is 1.53. The standard InChI is InChI=1S/C17H14Cl4N2O2/c1-23(16(25)7-10-5-6-11(18)8-14(10)21)9-15(24)22-17-12(19)3-2-4-13(17)20/h2-6,8H,7,9H2,1H3,(H,22,24). The van der Waals surface area contributed by atoms with E-state index in [1.54, 1.807) is 36.4 Å². The molecule has 2 aromatic rings. The maximum absolute atomic E-state index is 12.3. The molecular weight excluding hydrogens is 406 g/mol. The summed E-state index contributed by atoms with van der Waals surface area (Å²) in [6, 6.07) is 9.80. The van der Waals surface area contributed by atoms with Crippen LogP contribution in [0.5, 0.6) is 0 Å². The number of hydrogen-bond donors (Lipinski definition) is 1. The van der Waals surface area contributed by atoms with Gasteiger partial charge in [0.05, 0.1) is 28.7 Å². The fourth-order valence-electron chi connectivity index (χ4n) is 2.06. The fourth-order valence-corrected chi connectivity index (χ4v) is 3.03. The van der Waals surface area contributed by atoms with Crippen molar-refractivity contribution < 1.29 is 9.59 Å². The third-order valence-electron chi connectivity index (χ3n) is 3.39. The van der Waals surface area contributed by atoms with E-state index in [9.17, 15) is 9.59 Å². The Balaban J connectivity index is 1.97. The van der Waals surface area contributed by atoms with Crippen LogP contribution >= 0.6 is 46.4 Å². The van der Waals surface area contributed by atoms with Gasteiger partial charge in [-0.15, -0.1) is 0 Å². The second-order valence-electron chi connectivity index (χ2n) is 5.31. The molecule has 132 valence electrons. The number of nitrogens with one attached hydrogen (secondary N) is 1. The molecule has 2 amide bonds. The molecule has 0 saturated heterocycles. The van der Waals surface area contributed by atoms with Crippen LogP contribution in [0.15, 0.2) is 36.4 Å². The quantitative estimate of drug-likeness (QED) is 0.745. The molecule has 0 fully saturated rings. The minimum Gasteiger partial charge on any atom is -0.336 e. The van der Waals surface area contributed by atoms with Crippen LogP contribution in [-0.2, 0) is 16.0 Å². The summed E-state index contributed by atoms with van der Waals surface area (Å²) in [6.07, 6.45) is 0.0621. The van der Waals surface area contributed by atoms with Crippen LogP contribution in [0, 0.1) is 0 Å². The van der Waals surface area contributed by atoms with Gasteiger partial charge in [0.15, 0.2) is 0 Å². The van der Waals surface area contributed by atoms with Gasteiger partial charge in [-0.05, 0) is 29.8 Å². The topological polar surface area (TPSA) is 49.4 Å². The van der Waals surface area contributed by atoms with Gasteiger partial charge in [-0.3, -0.25) is 9.59 Å². The molecule has 0 spiro atoms. The van der Waals surface area contributed by atoms with E-state index in [0.29, 0.717) is 31.3 Å². The van der Waals surface area contributed by atoms with Crippen LogP contribution in [0.2, 0.25) is 20.1 Å². The Morgan fingerprint density at radius 1 is 1.00 bits per heavy atom. The number of rotatable bonds is 5. The molecule has 2 aromatic carbocycles. The van der Waals surface area contributed by atoms with Crippen LogP contribution in [0.3, 0.4) is 0 Å². The zero-order valence-electron chi connectivity index (χ0n) is 13.2. The summed E-state index contributed by atoms with van der Waals surface area (Å²) < 4.78 is 0. The van der Waals surface area contributed by atoms with Crippen molar-refractivity contribution in [2.45, 2.75) is 6.42 Å². The van der Waals surface area contributed by atoms with Gasteiger partial charge in [0.25, 0.3) is 0 Å². The Bertz CT molecular complexity index is 791. The number of carbonyl (C=O) groups is 2. The lowest BCUT2D eigenvalue weighted by Gasteiger charge is -2.18.